The molecule has 2 heteroatoms. The van der Waals surface area contributed by atoms with E-state index in [4.69, 9.17) is 5.11 Å². The van der Waals surface area contributed by atoms with Crippen molar-refractivity contribution in [3.05, 3.63) is 12.7 Å². The molecule has 0 saturated heterocycles. The number of ketones is 1. The average molecular weight is 170 g/mol. The maximum Gasteiger partial charge on any atom is 0.133 e. The molecule has 0 aliphatic rings. The lowest BCUT2D eigenvalue weighted by molar-refractivity contribution is -0.119. The Bertz CT molecular complexity index is 139. The number of aliphatic hydroxyl groups is 1. The number of Topliss-reactive ketones (excluding diaryl/α,β-unsaturated/α-hetero) is 1. The summed E-state index contributed by atoms with van der Waals surface area (Å²) in [4.78, 5) is 11.1. The van der Waals surface area contributed by atoms with E-state index in [0.29, 0.717) is 19.3 Å². The predicted molar refractivity (Wildman–Crippen MR) is 50.0 cm³/mol. The molecule has 1 atom stereocenters. The monoisotopic (exact) mass is 170 g/mol. The van der Waals surface area contributed by atoms with E-state index in [2.05, 4.69) is 6.58 Å². The Morgan fingerprint density at radius 1 is 1.58 bits per heavy atom. The highest BCUT2D eigenvalue weighted by molar-refractivity contribution is 5.78. The van der Waals surface area contributed by atoms with Crippen molar-refractivity contribution in [1.82, 2.24) is 0 Å². The first-order valence-electron chi connectivity index (χ1n) is 4.47. The van der Waals surface area contributed by atoms with Crippen molar-refractivity contribution in [3.8, 4) is 0 Å². The molecule has 0 saturated carbocycles. The Morgan fingerprint density at radius 2 is 2.25 bits per heavy atom. The van der Waals surface area contributed by atoms with Gasteiger partial charge in [-0.1, -0.05) is 6.08 Å². The van der Waals surface area contributed by atoms with Crippen molar-refractivity contribution in [2.75, 3.05) is 0 Å². The second kappa shape index (κ2) is 7.04. The highest BCUT2D eigenvalue weighted by Gasteiger charge is 2.03. The SMILES string of the molecule is C=CCCCC(=O)CCC(C)O. The van der Waals surface area contributed by atoms with Gasteiger partial charge in [-0.3, -0.25) is 4.79 Å². The molecule has 0 aliphatic heterocycles. The van der Waals surface area contributed by atoms with Crippen molar-refractivity contribution in [3.63, 3.8) is 0 Å². The number of hydrogen-bond acceptors (Lipinski definition) is 2. The lowest BCUT2D eigenvalue weighted by Crippen LogP contribution is -2.05. The molecule has 1 unspecified atom stereocenters. The molecule has 2 nitrogen and oxygen atoms in total. The summed E-state index contributed by atoms with van der Waals surface area (Å²) in [7, 11) is 0. The van der Waals surface area contributed by atoms with Crippen LogP contribution in [0.5, 0.6) is 0 Å². The van der Waals surface area contributed by atoms with Crippen LogP contribution in [0.3, 0.4) is 0 Å². The number of hydrogen-bond donors (Lipinski definition) is 1. The Balaban J connectivity index is 3.27. The molecular weight excluding hydrogens is 152 g/mol. The van der Waals surface area contributed by atoms with E-state index in [9.17, 15) is 4.79 Å². The molecule has 0 aromatic heterocycles. The first-order chi connectivity index (χ1) is 5.66. The quantitative estimate of drug-likeness (QED) is 0.469. The van der Waals surface area contributed by atoms with Crippen molar-refractivity contribution < 1.29 is 9.90 Å². The van der Waals surface area contributed by atoms with Gasteiger partial charge < -0.3 is 5.11 Å². The molecule has 0 heterocycles. The van der Waals surface area contributed by atoms with Gasteiger partial charge in [0.15, 0.2) is 0 Å². The summed E-state index contributed by atoms with van der Waals surface area (Å²) in [5.74, 6) is 0.248. The van der Waals surface area contributed by atoms with Crippen molar-refractivity contribution in [2.45, 2.75) is 45.1 Å². The number of carbonyl (C=O) groups is 1. The van der Waals surface area contributed by atoms with Crippen LogP contribution in [0, 0.1) is 0 Å². The molecule has 12 heavy (non-hydrogen) atoms. The van der Waals surface area contributed by atoms with E-state index in [-0.39, 0.29) is 11.9 Å². The van der Waals surface area contributed by atoms with Crippen molar-refractivity contribution in [2.24, 2.45) is 0 Å². The summed E-state index contributed by atoms with van der Waals surface area (Å²) < 4.78 is 0. The smallest absolute Gasteiger partial charge is 0.133 e. The summed E-state index contributed by atoms with van der Waals surface area (Å²) in [6.45, 7) is 5.29. The Hall–Kier alpha value is -0.630. The largest absolute Gasteiger partial charge is 0.393 e. The van der Waals surface area contributed by atoms with Crippen LogP contribution in [-0.2, 0) is 4.79 Å². The van der Waals surface area contributed by atoms with E-state index in [1.807, 2.05) is 6.08 Å². The van der Waals surface area contributed by atoms with E-state index < -0.39 is 0 Å². The van der Waals surface area contributed by atoms with Gasteiger partial charge >= 0.3 is 0 Å². The van der Waals surface area contributed by atoms with E-state index >= 15 is 0 Å². The van der Waals surface area contributed by atoms with Crippen molar-refractivity contribution >= 4 is 5.78 Å². The molecule has 0 rings (SSSR count). The predicted octanol–water partition coefficient (Wildman–Crippen LogP) is 2.07. The van der Waals surface area contributed by atoms with Crippen LogP contribution in [0.1, 0.15) is 39.0 Å². The Morgan fingerprint density at radius 3 is 2.75 bits per heavy atom. The summed E-state index contributed by atoms with van der Waals surface area (Å²) >= 11 is 0. The third kappa shape index (κ3) is 7.48. The minimum atomic E-state index is -0.353. The lowest BCUT2D eigenvalue weighted by Gasteiger charge is -2.02. The summed E-state index contributed by atoms with van der Waals surface area (Å²) in [6.07, 6.45) is 4.98. The number of carbonyl (C=O) groups excluding carboxylic acids is 1. The molecule has 0 bridgehead atoms. The van der Waals surface area contributed by atoms with Gasteiger partial charge in [-0.2, -0.15) is 0 Å². The topological polar surface area (TPSA) is 37.3 Å². The minimum Gasteiger partial charge on any atom is -0.393 e. The summed E-state index contributed by atoms with van der Waals surface area (Å²) in [5, 5.41) is 8.90. The number of unbranched alkanes of at least 4 members (excludes halogenated alkanes) is 1. The first-order valence-corrected chi connectivity index (χ1v) is 4.47. The molecular formula is C10H18O2. The van der Waals surface area contributed by atoms with Gasteiger partial charge in [-0.15, -0.1) is 6.58 Å². The van der Waals surface area contributed by atoms with Gasteiger partial charge in [0, 0.05) is 12.8 Å². The molecule has 70 valence electrons. The van der Waals surface area contributed by atoms with Gasteiger partial charge in [0.25, 0.3) is 0 Å². The van der Waals surface area contributed by atoms with E-state index in [1.54, 1.807) is 6.92 Å². The highest BCUT2D eigenvalue weighted by atomic mass is 16.3. The molecule has 1 N–H and O–H groups in total. The van der Waals surface area contributed by atoms with Crippen LogP contribution in [0.15, 0.2) is 12.7 Å². The lowest BCUT2D eigenvalue weighted by atomic mass is 10.1. The maximum absolute atomic E-state index is 11.1. The molecule has 0 aromatic carbocycles. The van der Waals surface area contributed by atoms with Gasteiger partial charge in [-0.05, 0) is 26.2 Å². The fourth-order valence-electron chi connectivity index (χ4n) is 0.938. The van der Waals surface area contributed by atoms with Gasteiger partial charge in [-0.25, -0.2) is 0 Å². The molecule has 0 radical (unpaired) electrons. The van der Waals surface area contributed by atoms with Crippen molar-refractivity contribution in [1.29, 1.82) is 0 Å². The molecule has 0 aliphatic carbocycles. The van der Waals surface area contributed by atoms with E-state index in [1.165, 1.54) is 0 Å². The fourth-order valence-corrected chi connectivity index (χ4v) is 0.938. The Labute approximate surface area is 74.3 Å². The van der Waals surface area contributed by atoms with Crippen LogP contribution < -0.4 is 0 Å². The first kappa shape index (κ1) is 11.4. The normalized spacial score (nSPS) is 12.5. The zero-order chi connectivity index (χ0) is 9.40. The summed E-state index contributed by atoms with van der Waals surface area (Å²) in [5.41, 5.74) is 0. The maximum atomic E-state index is 11.1. The molecule has 0 aromatic rings. The van der Waals surface area contributed by atoms with Gasteiger partial charge in [0.05, 0.1) is 6.10 Å². The van der Waals surface area contributed by atoms with Crippen LogP contribution in [0.25, 0.3) is 0 Å². The van der Waals surface area contributed by atoms with E-state index in [0.717, 1.165) is 12.8 Å². The molecule has 0 amide bonds. The zero-order valence-electron chi connectivity index (χ0n) is 7.75. The molecule has 0 fully saturated rings. The third-order valence-electron chi connectivity index (χ3n) is 1.70. The van der Waals surface area contributed by atoms with Crippen LogP contribution in [0.4, 0.5) is 0 Å². The number of allylic oxidation sites excluding steroid dienone is 1. The third-order valence-corrected chi connectivity index (χ3v) is 1.70. The second-order valence-corrected chi connectivity index (χ2v) is 3.11. The number of rotatable bonds is 7. The van der Waals surface area contributed by atoms with Crippen LogP contribution >= 0.6 is 0 Å². The fraction of sp³-hybridized carbons (Fsp3) is 0.700. The minimum absolute atomic E-state index is 0.248. The van der Waals surface area contributed by atoms with Crippen LogP contribution in [0.2, 0.25) is 0 Å². The zero-order valence-corrected chi connectivity index (χ0v) is 7.75. The van der Waals surface area contributed by atoms with Gasteiger partial charge in [0.2, 0.25) is 0 Å². The standard InChI is InChI=1S/C10H18O2/c1-3-4-5-6-10(12)8-7-9(2)11/h3,9,11H,1,4-8H2,2H3. The highest BCUT2D eigenvalue weighted by Crippen LogP contribution is 2.03. The molecule has 0 spiro atoms. The summed E-state index contributed by atoms with van der Waals surface area (Å²) in [6, 6.07) is 0. The van der Waals surface area contributed by atoms with Crippen LogP contribution in [-0.4, -0.2) is 17.0 Å². The average Bonchev–Trinajstić information content (AvgIpc) is 2.01. The van der Waals surface area contributed by atoms with Gasteiger partial charge in [0.1, 0.15) is 5.78 Å². The second-order valence-electron chi connectivity index (χ2n) is 3.11. The Kier molecular flexibility index (Phi) is 6.67. The number of aliphatic hydroxyl groups excluding tert-OH is 1.